The minimum Gasteiger partial charge on any atom is -0.351 e. The number of Topliss-reactive ketones (excluding diaryl/α,β-unsaturated/α-hetero) is 2. The first-order valence-corrected chi connectivity index (χ1v) is 11.2. The van der Waals surface area contributed by atoms with Gasteiger partial charge in [-0.1, -0.05) is 59.6 Å². The minimum atomic E-state index is -3.88. The lowest BCUT2D eigenvalue weighted by molar-refractivity contribution is 0.0982. The number of hydrogen-bond acceptors (Lipinski definition) is 5. The topological polar surface area (TPSA) is 92.3 Å². The molecule has 0 atom stereocenters. The van der Waals surface area contributed by atoms with Crippen LogP contribution in [0.25, 0.3) is 0 Å². The number of anilines is 2. The van der Waals surface area contributed by atoms with Crippen molar-refractivity contribution in [2.45, 2.75) is 4.90 Å². The summed E-state index contributed by atoms with van der Waals surface area (Å²) in [7, 11) is -3.88. The lowest BCUT2D eigenvalue weighted by atomic mass is 9.92. The van der Waals surface area contributed by atoms with Crippen LogP contribution in [0.5, 0.6) is 0 Å². The number of para-hydroxylation sites is 1. The van der Waals surface area contributed by atoms with E-state index in [1.807, 2.05) is 0 Å². The lowest BCUT2D eigenvalue weighted by Crippen LogP contribution is -2.24. The number of allylic oxidation sites excluding steroid dienone is 2. The van der Waals surface area contributed by atoms with Crippen molar-refractivity contribution in [3.05, 3.63) is 99.7 Å². The zero-order chi connectivity index (χ0) is 22.2. The van der Waals surface area contributed by atoms with Crippen LogP contribution in [0.4, 0.5) is 11.4 Å². The summed E-state index contributed by atoms with van der Waals surface area (Å²) >= 11 is 12.2. The molecule has 0 aliphatic heterocycles. The Morgan fingerprint density at radius 1 is 0.710 bits per heavy atom. The first-order chi connectivity index (χ1) is 14.8. The average Bonchev–Trinajstić information content (AvgIpc) is 2.77. The van der Waals surface area contributed by atoms with Crippen molar-refractivity contribution in [3.63, 3.8) is 0 Å². The Kier molecular flexibility index (Phi) is 5.58. The Hall–Kier alpha value is -3.13. The van der Waals surface area contributed by atoms with Crippen molar-refractivity contribution in [2.75, 3.05) is 10.0 Å². The Morgan fingerprint density at radius 2 is 1.29 bits per heavy atom. The molecular formula is C22H14Cl2N2O4S. The summed E-state index contributed by atoms with van der Waals surface area (Å²) in [5.41, 5.74) is 1.09. The SMILES string of the molecule is O=C1C(Cl)=C(Nc2ccc(S(=O)(=O)Nc3ccccc3Cl)cc2)C(=O)c2ccccc21. The fourth-order valence-electron chi connectivity index (χ4n) is 3.07. The van der Waals surface area contributed by atoms with Gasteiger partial charge in [0, 0.05) is 16.8 Å². The van der Waals surface area contributed by atoms with Gasteiger partial charge >= 0.3 is 0 Å². The van der Waals surface area contributed by atoms with E-state index < -0.39 is 21.6 Å². The second-order valence-electron chi connectivity index (χ2n) is 6.63. The van der Waals surface area contributed by atoms with Crippen molar-refractivity contribution in [1.29, 1.82) is 0 Å². The average molecular weight is 473 g/mol. The predicted octanol–water partition coefficient (Wildman–Crippen LogP) is 5.08. The highest BCUT2D eigenvalue weighted by atomic mass is 35.5. The number of carbonyl (C=O) groups excluding carboxylic acids is 2. The van der Waals surface area contributed by atoms with Gasteiger partial charge in [0.15, 0.2) is 0 Å². The van der Waals surface area contributed by atoms with E-state index in [4.69, 9.17) is 23.2 Å². The fourth-order valence-corrected chi connectivity index (χ4v) is 4.62. The molecule has 3 aromatic rings. The quantitative estimate of drug-likeness (QED) is 0.539. The van der Waals surface area contributed by atoms with Gasteiger partial charge in [-0.3, -0.25) is 14.3 Å². The van der Waals surface area contributed by atoms with E-state index in [1.165, 1.54) is 24.3 Å². The Balaban J connectivity index is 1.58. The molecule has 0 bridgehead atoms. The van der Waals surface area contributed by atoms with E-state index in [-0.39, 0.29) is 37.5 Å². The molecule has 0 spiro atoms. The maximum Gasteiger partial charge on any atom is 0.261 e. The van der Waals surface area contributed by atoms with Gasteiger partial charge in [0.25, 0.3) is 10.0 Å². The molecule has 0 unspecified atom stereocenters. The molecular weight excluding hydrogens is 459 g/mol. The van der Waals surface area contributed by atoms with E-state index in [1.54, 1.807) is 48.5 Å². The van der Waals surface area contributed by atoms with E-state index >= 15 is 0 Å². The summed E-state index contributed by atoms with van der Waals surface area (Å²) in [6.45, 7) is 0. The third kappa shape index (κ3) is 4.07. The molecule has 0 amide bonds. The zero-order valence-electron chi connectivity index (χ0n) is 15.7. The van der Waals surface area contributed by atoms with Gasteiger partial charge in [-0.05, 0) is 36.4 Å². The van der Waals surface area contributed by atoms with E-state index in [2.05, 4.69) is 10.0 Å². The largest absolute Gasteiger partial charge is 0.351 e. The van der Waals surface area contributed by atoms with Crippen LogP contribution in [0.1, 0.15) is 20.7 Å². The van der Waals surface area contributed by atoms with E-state index in [0.717, 1.165) is 0 Å². The number of carbonyl (C=O) groups is 2. The van der Waals surface area contributed by atoms with Gasteiger partial charge in [0.1, 0.15) is 10.7 Å². The molecule has 0 aromatic heterocycles. The lowest BCUT2D eigenvalue weighted by Gasteiger charge is -2.19. The third-order valence-corrected chi connectivity index (χ3v) is 6.69. The zero-order valence-corrected chi connectivity index (χ0v) is 18.1. The van der Waals surface area contributed by atoms with Crippen molar-refractivity contribution < 1.29 is 18.0 Å². The highest BCUT2D eigenvalue weighted by Gasteiger charge is 2.31. The summed E-state index contributed by atoms with van der Waals surface area (Å²) in [4.78, 5) is 25.2. The molecule has 0 saturated heterocycles. The maximum atomic E-state index is 12.8. The Labute approximate surface area is 188 Å². The van der Waals surface area contributed by atoms with Crippen LogP contribution in [0, 0.1) is 0 Å². The van der Waals surface area contributed by atoms with Gasteiger partial charge < -0.3 is 5.32 Å². The van der Waals surface area contributed by atoms with Gasteiger partial charge in [-0.25, -0.2) is 8.42 Å². The van der Waals surface area contributed by atoms with Crippen LogP contribution < -0.4 is 10.0 Å². The second kappa shape index (κ2) is 8.19. The monoisotopic (exact) mass is 472 g/mol. The molecule has 9 heteroatoms. The van der Waals surface area contributed by atoms with Gasteiger partial charge in [0.05, 0.1) is 15.6 Å². The Morgan fingerprint density at radius 3 is 1.94 bits per heavy atom. The molecule has 0 radical (unpaired) electrons. The maximum absolute atomic E-state index is 12.8. The summed E-state index contributed by atoms with van der Waals surface area (Å²) < 4.78 is 27.7. The number of hydrogen-bond donors (Lipinski definition) is 2. The number of sulfonamides is 1. The second-order valence-corrected chi connectivity index (χ2v) is 9.10. The third-order valence-electron chi connectivity index (χ3n) is 4.61. The van der Waals surface area contributed by atoms with Gasteiger partial charge in [0.2, 0.25) is 11.6 Å². The van der Waals surface area contributed by atoms with Crippen LogP contribution in [0.3, 0.4) is 0 Å². The van der Waals surface area contributed by atoms with Gasteiger partial charge in [-0.2, -0.15) is 0 Å². The predicted molar refractivity (Wildman–Crippen MR) is 120 cm³/mol. The van der Waals surface area contributed by atoms with Gasteiger partial charge in [-0.15, -0.1) is 0 Å². The molecule has 4 rings (SSSR count). The normalized spacial score (nSPS) is 13.7. The van der Waals surface area contributed by atoms with Crippen LogP contribution in [0.2, 0.25) is 5.02 Å². The molecule has 0 saturated carbocycles. The summed E-state index contributed by atoms with van der Waals surface area (Å²) in [5.74, 6) is -0.875. The molecule has 2 N–H and O–H groups in total. The summed E-state index contributed by atoms with van der Waals surface area (Å²) in [6.07, 6.45) is 0. The van der Waals surface area contributed by atoms with Crippen molar-refractivity contribution in [2.24, 2.45) is 0 Å². The number of benzene rings is 3. The number of halogens is 2. The first kappa shape index (κ1) is 21.1. The molecule has 0 fully saturated rings. The summed E-state index contributed by atoms with van der Waals surface area (Å²) in [6, 6.07) is 18.5. The fraction of sp³-hybridized carbons (Fsp3) is 0. The highest BCUT2D eigenvalue weighted by Crippen LogP contribution is 2.30. The van der Waals surface area contributed by atoms with Crippen molar-refractivity contribution in [3.8, 4) is 0 Å². The standard InChI is InChI=1S/C22H14Cl2N2O4S/c23-17-7-3-4-8-18(17)26-31(29,30)14-11-9-13(10-12-14)25-20-19(24)21(27)15-5-1-2-6-16(15)22(20)28/h1-12,25-26H. The molecule has 6 nitrogen and oxygen atoms in total. The van der Waals surface area contributed by atoms with Crippen molar-refractivity contribution >= 4 is 56.2 Å². The number of nitrogens with one attached hydrogen (secondary N) is 2. The van der Waals surface area contributed by atoms with Crippen LogP contribution in [0.15, 0.2) is 88.4 Å². The molecule has 1 aliphatic carbocycles. The molecule has 1 aliphatic rings. The molecule has 31 heavy (non-hydrogen) atoms. The Bertz CT molecular complexity index is 1350. The van der Waals surface area contributed by atoms with Crippen LogP contribution >= 0.6 is 23.2 Å². The van der Waals surface area contributed by atoms with E-state index in [0.29, 0.717) is 5.69 Å². The van der Waals surface area contributed by atoms with Crippen molar-refractivity contribution in [1.82, 2.24) is 0 Å². The van der Waals surface area contributed by atoms with Crippen LogP contribution in [-0.4, -0.2) is 20.0 Å². The molecule has 3 aromatic carbocycles. The van der Waals surface area contributed by atoms with E-state index in [9.17, 15) is 18.0 Å². The smallest absolute Gasteiger partial charge is 0.261 e. The molecule has 156 valence electrons. The van der Waals surface area contributed by atoms with Crippen LogP contribution in [-0.2, 0) is 10.0 Å². The number of ketones is 2. The number of rotatable bonds is 5. The number of fused-ring (bicyclic) bond motifs is 1. The first-order valence-electron chi connectivity index (χ1n) is 9.00. The minimum absolute atomic E-state index is 0.00515. The molecule has 0 heterocycles. The summed E-state index contributed by atoms with van der Waals surface area (Å²) in [5, 5.41) is 2.88. The highest BCUT2D eigenvalue weighted by molar-refractivity contribution is 7.92.